The Balaban J connectivity index is 1.70. The van der Waals surface area contributed by atoms with Gasteiger partial charge in [0.1, 0.15) is 6.33 Å². The second-order valence-electron chi connectivity index (χ2n) is 5.07. The van der Waals surface area contributed by atoms with Crippen molar-refractivity contribution >= 4 is 34.8 Å². The van der Waals surface area contributed by atoms with Gasteiger partial charge < -0.3 is 0 Å². The Morgan fingerprint density at radius 3 is 2.44 bits per heavy atom. The third kappa shape index (κ3) is 4.01. The maximum absolute atomic E-state index is 12.2. The van der Waals surface area contributed by atoms with Crippen LogP contribution in [0.1, 0.15) is 22.8 Å². The fourth-order valence-corrected chi connectivity index (χ4v) is 2.33. The molecule has 0 radical (unpaired) electrons. The quantitative estimate of drug-likeness (QED) is 0.561. The fraction of sp³-hybridized carbons (Fsp3) is 0.0625. The van der Waals surface area contributed by atoms with Gasteiger partial charge in [0.25, 0.3) is 5.91 Å². The lowest BCUT2D eigenvalue weighted by Gasteiger charge is -2.05. The lowest BCUT2D eigenvalue weighted by Crippen LogP contribution is -2.19. The van der Waals surface area contributed by atoms with E-state index in [1.54, 1.807) is 49.4 Å². The van der Waals surface area contributed by atoms with Crippen LogP contribution in [0.3, 0.4) is 0 Å². The second-order valence-corrected chi connectivity index (χ2v) is 5.88. The number of hydrogen-bond donors (Lipinski definition) is 1. The van der Waals surface area contributed by atoms with Gasteiger partial charge in [0.15, 0.2) is 0 Å². The number of nitrogens with one attached hydrogen (secondary N) is 1. The van der Waals surface area contributed by atoms with Gasteiger partial charge in [0.05, 0.1) is 21.4 Å². The first-order valence-corrected chi connectivity index (χ1v) is 7.93. The predicted molar refractivity (Wildman–Crippen MR) is 95.3 cm³/mol. The molecule has 0 spiro atoms. The Kier molecular flexibility index (Phi) is 5.06. The highest BCUT2D eigenvalue weighted by Gasteiger charge is 2.07. The van der Waals surface area contributed by atoms with E-state index in [0.29, 0.717) is 21.3 Å². The summed E-state index contributed by atoms with van der Waals surface area (Å²) in [4.78, 5) is 12.2. The van der Waals surface area contributed by atoms with Crippen molar-refractivity contribution in [2.45, 2.75) is 6.92 Å². The van der Waals surface area contributed by atoms with Gasteiger partial charge in [-0.05, 0) is 59.3 Å². The zero-order valence-corrected chi connectivity index (χ0v) is 14.5. The highest BCUT2D eigenvalue weighted by atomic mass is 35.5. The normalized spacial score (nSPS) is 11.4. The summed E-state index contributed by atoms with van der Waals surface area (Å²) in [6.45, 7) is 1.76. The number of benzene rings is 2. The molecule has 3 rings (SSSR count). The van der Waals surface area contributed by atoms with Crippen molar-refractivity contribution in [3.63, 3.8) is 0 Å². The fourth-order valence-electron chi connectivity index (χ4n) is 2.03. The first-order valence-electron chi connectivity index (χ1n) is 7.18. The number of hydrazone groups is 1. The second kappa shape index (κ2) is 7.42. The van der Waals surface area contributed by atoms with E-state index in [0.717, 1.165) is 11.3 Å². The van der Waals surface area contributed by atoms with E-state index in [4.69, 9.17) is 23.2 Å². The molecule has 9 heteroatoms. The molecule has 0 unspecified atom stereocenters. The molecule has 1 heterocycles. The van der Waals surface area contributed by atoms with Crippen molar-refractivity contribution in [1.29, 1.82) is 0 Å². The molecule has 0 aliphatic rings. The van der Waals surface area contributed by atoms with Gasteiger partial charge in [-0.3, -0.25) is 4.79 Å². The van der Waals surface area contributed by atoms with E-state index < -0.39 is 0 Å². The Morgan fingerprint density at radius 1 is 1.08 bits per heavy atom. The van der Waals surface area contributed by atoms with Crippen LogP contribution in [0.4, 0.5) is 0 Å². The standard InChI is InChI=1S/C16H12Cl2N6O/c1-10(12-4-7-14(17)15(18)8-12)20-21-16(25)11-2-5-13(6-3-11)24-9-19-22-23-24/h2-9H,1H3,(H,21,25)/b20-10+. The zero-order chi connectivity index (χ0) is 17.8. The summed E-state index contributed by atoms with van der Waals surface area (Å²) in [5, 5.41) is 15.9. The molecule has 0 saturated heterocycles. The molecule has 0 atom stereocenters. The van der Waals surface area contributed by atoms with E-state index in [1.165, 1.54) is 11.0 Å². The summed E-state index contributed by atoms with van der Waals surface area (Å²) in [7, 11) is 0. The molecular formula is C16H12Cl2N6O. The molecule has 0 bridgehead atoms. The van der Waals surface area contributed by atoms with Crippen molar-refractivity contribution in [2.24, 2.45) is 5.10 Å². The monoisotopic (exact) mass is 374 g/mol. The zero-order valence-electron chi connectivity index (χ0n) is 13.0. The van der Waals surface area contributed by atoms with Crippen molar-refractivity contribution in [2.75, 3.05) is 0 Å². The molecule has 3 aromatic rings. The molecule has 1 N–H and O–H groups in total. The van der Waals surface area contributed by atoms with Crippen LogP contribution < -0.4 is 5.43 Å². The van der Waals surface area contributed by atoms with E-state index in [2.05, 4.69) is 26.1 Å². The summed E-state index contributed by atoms with van der Waals surface area (Å²) >= 11 is 11.9. The van der Waals surface area contributed by atoms with Gasteiger partial charge in [-0.15, -0.1) is 5.10 Å². The largest absolute Gasteiger partial charge is 0.271 e. The van der Waals surface area contributed by atoms with Gasteiger partial charge in [-0.25, -0.2) is 10.1 Å². The maximum Gasteiger partial charge on any atom is 0.271 e. The minimum atomic E-state index is -0.331. The number of carbonyl (C=O) groups excluding carboxylic acids is 1. The van der Waals surface area contributed by atoms with Gasteiger partial charge in [0.2, 0.25) is 0 Å². The van der Waals surface area contributed by atoms with E-state index in [-0.39, 0.29) is 5.91 Å². The lowest BCUT2D eigenvalue weighted by molar-refractivity contribution is 0.0955. The van der Waals surface area contributed by atoms with Crippen molar-refractivity contribution in [3.05, 3.63) is 70.0 Å². The van der Waals surface area contributed by atoms with E-state index in [1.807, 2.05) is 0 Å². The average molecular weight is 375 g/mol. The molecule has 7 nitrogen and oxygen atoms in total. The van der Waals surface area contributed by atoms with Crippen LogP contribution in [0, 0.1) is 0 Å². The molecule has 0 fully saturated rings. The predicted octanol–water partition coefficient (Wildman–Crippen LogP) is 3.12. The number of tetrazole rings is 1. The molecule has 0 saturated carbocycles. The van der Waals surface area contributed by atoms with Gasteiger partial charge in [-0.2, -0.15) is 5.10 Å². The third-order valence-corrected chi connectivity index (χ3v) is 4.14. The van der Waals surface area contributed by atoms with Crippen molar-refractivity contribution in [1.82, 2.24) is 25.6 Å². The van der Waals surface area contributed by atoms with Crippen LogP contribution in [0.15, 0.2) is 53.9 Å². The Labute approximate surface area is 153 Å². The molecule has 0 aliphatic heterocycles. The third-order valence-electron chi connectivity index (χ3n) is 3.41. The van der Waals surface area contributed by atoms with Crippen LogP contribution in [0.25, 0.3) is 5.69 Å². The number of carbonyl (C=O) groups is 1. The highest BCUT2D eigenvalue weighted by Crippen LogP contribution is 2.22. The van der Waals surface area contributed by atoms with E-state index in [9.17, 15) is 4.79 Å². The number of hydrogen-bond acceptors (Lipinski definition) is 5. The molecule has 2 aromatic carbocycles. The minimum Gasteiger partial charge on any atom is -0.267 e. The minimum absolute atomic E-state index is 0.331. The van der Waals surface area contributed by atoms with Crippen molar-refractivity contribution < 1.29 is 4.79 Å². The SMILES string of the molecule is C/C(=N\NC(=O)c1ccc(-n2cnnn2)cc1)c1ccc(Cl)c(Cl)c1. The number of amides is 1. The molecule has 1 aromatic heterocycles. The first kappa shape index (κ1) is 17.1. The average Bonchev–Trinajstić information content (AvgIpc) is 3.16. The Morgan fingerprint density at radius 2 is 1.80 bits per heavy atom. The van der Waals surface area contributed by atoms with Crippen LogP contribution in [0.5, 0.6) is 0 Å². The Hall–Kier alpha value is -2.77. The summed E-state index contributed by atoms with van der Waals surface area (Å²) in [6, 6.07) is 11.9. The molecule has 0 aliphatic carbocycles. The Bertz CT molecular complexity index is 922. The smallest absolute Gasteiger partial charge is 0.267 e. The number of aromatic nitrogens is 4. The van der Waals surface area contributed by atoms with Gasteiger partial charge >= 0.3 is 0 Å². The molecule has 126 valence electrons. The summed E-state index contributed by atoms with van der Waals surface area (Å²) in [6.07, 6.45) is 1.47. The summed E-state index contributed by atoms with van der Waals surface area (Å²) in [5.41, 5.74) is 5.10. The number of nitrogens with zero attached hydrogens (tertiary/aromatic N) is 5. The summed E-state index contributed by atoms with van der Waals surface area (Å²) < 4.78 is 1.49. The molecule has 1 amide bonds. The number of halogens is 2. The van der Waals surface area contributed by atoms with E-state index >= 15 is 0 Å². The molecular weight excluding hydrogens is 363 g/mol. The summed E-state index contributed by atoms with van der Waals surface area (Å²) in [5.74, 6) is -0.331. The van der Waals surface area contributed by atoms with Crippen LogP contribution in [0.2, 0.25) is 10.0 Å². The lowest BCUT2D eigenvalue weighted by atomic mass is 10.1. The van der Waals surface area contributed by atoms with Crippen LogP contribution in [-0.2, 0) is 0 Å². The topological polar surface area (TPSA) is 85.1 Å². The van der Waals surface area contributed by atoms with Crippen LogP contribution >= 0.6 is 23.2 Å². The maximum atomic E-state index is 12.2. The number of rotatable bonds is 4. The first-order chi connectivity index (χ1) is 12.0. The van der Waals surface area contributed by atoms with Crippen molar-refractivity contribution in [3.8, 4) is 5.69 Å². The van der Waals surface area contributed by atoms with Gasteiger partial charge in [0, 0.05) is 5.56 Å². The molecule has 25 heavy (non-hydrogen) atoms. The highest BCUT2D eigenvalue weighted by molar-refractivity contribution is 6.42. The van der Waals surface area contributed by atoms with Crippen LogP contribution in [-0.4, -0.2) is 31.8 Å². The van der Waals surface area contributed by atoms with Gasteiger partial charge in [-0.1, -0.05) is 29.3 Å².